The summed E-state index contributed by atoms with van der Waals surface area (Å²) in [6.07, 6.45) is 0. The van der Waals surface area contributed by atoms with Crippen molar-refractivity contribution in [2.24, 2.45) is 5.10 Å². The van der Waals surface area contributed by atoms with Gasteiger partial charge >= 0.3 is 0 Å². The number of aryl methyl sites for hydroxylation is 1. The van der Waals surface area contributed by atoms with Gasteiger partial charge in [0.15, 0.2) is 5.84 Å². The quantitative estimate of drug-likeness (QED) is 0.492. The van der Waals surface area contributed by atoms with Gasteiger partial charge in [-0.2, -0.15) is 5.10 Å². The Balaban J connectivity index is 1.70. The minimum Gasteiger partial charge on any atom is -0.278 e. The molecule has 0 amide bonds. The minimum absolute atomic E-state index is 0.000379. The van der Waals surface area contributed by atoms with E-state index in [-0.39, 0.29) is 18.0 Å². The van der Waals surface area contributed by atoms with Gasteiger partial charge in [0.05, 0.1) is 21.2 Å². The molecule has 0 unspecified atom stereocenters. The summed E-state index contributed by atoms with van der Waals surface area (Å²) in [6, 6.07) is 20.1. The van der Waals surface area contributed by atoms with Crippen LogP contribution in [0.1, 0.15) is 11.1 Å². The Morgan fingerprint density at radius 2 is 1.32 bits per heavy atom. The Bertz CT molecular complexity index is 1140. The first-order chi connectivity index (χ1) is 14.9. The zero-order chi connectivity index (χ0) is 22.0. The highest BCUT2D eigenvalue weighted by Crippen LogP contribution is 2.25. The van der Waals surface area contributed by atoms with Crippen molar-refractivity contribution in [3.05, 3.63) is 104 Å². The van der Waals surface area contributed by atoms with Crippen LogP contribution in [0.5, 0.6) is 0 Å². The first kappa shape index (κ1) is 19.8. The number of nitro groups is 2. The van der Waals surface area contributed by atoms with E-state index in [0.29, 0.717) is 17.2 Å². The molecule has 0 fully saturated rings. The van der Waals surface area contributed by atoms with Crippen molar-refractivity contribution in [3.8, 4) is 0 Å². The number of hydrazine groups is 1. The van der Waals surface area contributed by atoms with Gasteiger partial charge in [-0.25, -0.2) is 5.01 Å². The third kappa shape index (κ3) is 4.27. The molecule has 3 aromatic carbocycles. The molecule has 1 aliphatic rings. The van der Waals surface area contributed by atoms with Crippen LogP contribution in [-0.2, 0) is 0 Å². The maximum absolute atomic E-state index is 11.0. The van der Waals surface area contributed by atoms with Gasteiger partial charge in [0.25, 0.3) is 11.4 Å². The number of hydrogen-bond acceptors (Lipinski definition) is 8. The van der Waals surface area contributed by atoms with Crippen molar-refractivity contribution in [3.63, 3.8) is 0 Å². The Morgan fingerprint density at radius 3 is 1.84 bits per heavy atom. The van der Waals surface area contributed by atoms with Crippen molar-refractivity contribution in [2.45, 2.75) is 6.92 Å². The van der Waals surface area contributed by atoms with Crippen LogP contribution in [0.2, 0.25) is 0 Å². The smallest absolute Gasteiger partial charge is 0.269 e. The van der Waals surface area contributed by atoms with Crippen molar-refractivity contribution in [1.82, 2.24) is 5.43 Å². The van der Waals surface area contributed by atoms with E-state index in [9.17, 15) is 20.2 Å². The second-order valence-electron chi connectivity index (χ2n) is 6.94. The SMILES string of the molecule is Cc1ccc(C2=NN(c3ccc([N+](=O)[O-])cc3)CN(c3ccc([N+](=O)[O-])cc3)N2)cc1. The Hall–Kier alpha value is -4.47. The number of hydrazone groups is 1. The third-order valence-corrected chi connectivity index (χ3v) is 4.79. The molecule has 0 aliphatic carbocycles. The number of hydrogen-bond donors (Lipinski definition) is 1. The molecule has 1 aliphatic heterocycles. The molecule has 0 saturated carbocycles. The predicted octanol–water partition coefficient (Wildman–Crippen LogP) is 3.96. The zero-order valence-corrected chi connectivity index (χ0v) is 16.5. The maximum atomic E-state index is 11.0. The highest BCUT2D eigenvalue weighted by Gasteiger charge is 2.22. The summed E-state index contributed by atoms with van der Waals surface area (Å²) in [5.41, 5.74) is 6.58. The van der Waals surface area contributed by atoms with Crippen molar-refractivity contribution in [1.29, 1.82) is 0 Å². The molecule has 10 heteroatoms. The van der Waals surface area contributed by atoms with Crippen LogP contribution in [0.3, 0.4) is 0 Å². The monoisotopic (exact) mass is 418 g/mol. The standard InChI is InChI=1S/C21H18N6O4/c1-15-2-4-16(5-3-15)21-22-24(17-6-10-19(11-7-17)26(28)29)14-25(23-21)18-8-12-20(13-9-18)27(30)31/h2-13H,14H2,1H3,(H,22,23). The predicted molar refractivity (Wildman–Crippen MR) is 117 cm³/mol. The highest BCUT2D eigenvalue weighted by molar-refractivity contribution is 6.00. The van der Waals surface area contributed by atoms with E-state index >= 15 is 0 Å². The van der Waals surface area contributed by atoms with Gasteiger partial charge in [0.1, 0.15) is 6.67 Å². The molecule has 1 heterocycles. The first-order valence-corrected chi connectivity index (χ1v) is 9.37. The van der Waals surface area contributed by atoms with Crippen LogP contribution in [0.15, 0.2) is 77.9 Å². The van der Waals surface area contributed by atoms with E-state index in [0.717, 1.165) is 11.1 Å². The second kappa shape index (κ2) is 8.11. The lowest BCUT2D eigenvalue weighted by Crippen LogP contribution is -2.53. The molecule has 0 spiro atoms. The highest BCUT2D eigenvalue weighted by atomic mass is 16.6. The Labute approximate surface area is 177 Å². The maximum Gasteiger partial charge on any atom is 0.269 e. The zero-order valence-electron chi connectivity index (χ0n) is 16.5. The summed E-state index contributed by atoms with van der Waals surface area (Å²) in [7, 11) is 0. The molecule has 0 aromatic heterocycles. The molecular formula is C21H18N6O4. The van der Waals surface area contributed by atoms with E-state index in [1.807, 2.05) is 31.2 Å². The van der Waals surface area contributed by atoms with Gasteiger partial charge in [0.2, 0.25) is 0 Å². The third-order valence-electron chi connectivity index (χ3n) is 4.79. The molecule has 0 saturated heterocycles. The number of rotatable bonds is 5. The number of amidine groups is 1. The van der Waals surface area contributed by atoms with Crippen LogP contribution >= 0.6 is 0 Å². The molecule has 0 atom stereocenters. The summed E-state index contributed by atoms with van der Waals surface area (Å²) in [6.45, 7) is 2.28. The van der Waals surface area contributed by atoms with Gasteiger partial charge < -0.3 is 0 Å². The molecule has 0 bridgehead atoms. The van der Waals surface area contributed by atoms with Crippen LogP contribution in [0.4, 0.5) is 22.7 Å². The molecule has 1 N–H and O–H groups in total. The number of nitrogens with zero attached hydrogens (tertiary/aromatic N) is 5. The molecular weight excluding hydrogens is 400 g/mol. The first-order valence-electron chi connectivity index (χ1n) is 9.37. The lowest BCUT2D eigenvalue weighted by Gasteiger charge is -2.36. The minimum atomic E-state index is -0.453. The van der Waals surface area contributed by atoms with Crippen molar-refractivity contribution >= 4 is 28.6 Å². The normalized spacial score (nSPS) is 13.4. The fourth-order valence-corrected chi connectivity index (χ4v) is 3.09. The molecule has 3 aromatic rings. The summed E-state index contributed by atoms with van der Waals surface area (Å²) in [4.78, 5) is 21.0. The topological polar surface area (TPSA) is 117 Å². The molecule has 31 heavy (non-hydrogen) atoms. The van der Waals surface area contributed by atoms with Crippen LogP contribution in [0.25, 0.3) is 0 Å². The van der Waals surface area contributed by atoms with Crippen molar-refractivity contribution in [2.75, 3.05) is 16.7 Å². The van der Waals surface area contributed by atoms with Crippen LogP contribution in [-0.4, -0.2) is 22.4 Å². The van der Waals surface area contributed by atoms with E-state index in [2.05, 4.69) is 10.5 Å². The van der Waals surface area contributed by atoms with Gasteiger partial charge in [-0.15, -0.1) is 0 Å². The van der Waals surface area contributed by atoms with Crippen molar-refractivity contribution < 1.29 is 9.85 Å². The van der Waals surface area contributed by atoms with Crippen LogP contribution < -0.4 is 15.4 Å². The summed E-state index contributed by atoms with van der Waals surface area (Å²) >= 11 is 0. The van der Waals surface area contributed by atoms with Gasteiger partial charge in [0, 0.05) is 29.8 Å². The van der Waals surface area contributed by atoms with E-state index in [1.165, 1.54) is 24.3 Å². The Morgan fingerprint density at radius 1 is 0.806 bits per heavy atom. The van der Waals surface area contributed by atoms with E-state index in [4.69, 9.17) is 0 Å². The average molecular weight is 418 g/mol. The van der Waals surface area contributed by atoms with Crippen LogP contribution in [0, 0.1) is 27.2 Å². The van der Waals surface area contributed by atoms with Gasteiger partial charge in [-0.05, 0) is 31.2 Å². The number of benzene rings is 3. The fraction of sp³-hybridized carbons (Fsp3) is 0.0952. The lowest BCUT2D eigenvalue weighted by molar-refractivity contribution is -0.385. The molecule has 4 rings (SSSR count). The molecule has 156 valence electrons. The summed E-state index contributed by atoms with van der Waals surface area (Å²) in [5, 5.41) is 30.1. The fourth-order valence-electron chi connectivity index (χ4n) is 3.09. The molecule has 0 radical (unpaired) electrons. The lowest BCUT2D eigenvalue weighted by atomic mass is 10.1. The number of nitro benzene ring substituents is 2. The number of nitrogens with one attached hydrogen (secondary N) is 1. The van der Waals surface area contributed by atoms with Gasteiger partial charge in [-0.3, -0.25) is 30.7 Å². The second-order valence-corrected chi connectivity index (χ2v) is 6.94. The summed E-state index contributed by atoms with van der Waals surface area (Å²) in [5.74, 6) is 0.572. The number of anilines is 2. The number of non-ortho nitro benzene ring substituents is 2. The Kier molecular flexibility index (Phi) is 5.19. The van der Waals surface area contributed by atoms with E-state index in [1.54, 1.807) is 34.3 Å². The average Bonchev–Trinajstić information content (AvgIpc) is 2.79. The van der Waals surface area contributed by atoms with E-state index < -0.39 is 9.85 Å². The largest absolute Gasteiger partial charge is 0.278 e. The van der Waals surface area contributed by atoms with Gasteiger partial charge in [-0.1, -0.05) is 29.8 Å². The molecule has 10 nitrogen and oxygen atoms in total. The summed E-state index contributed by atoms with van der Waals surface area (Å²) < 4.78 is 0.